The van der Waals surface area contributed by atoms with Gasteiger partial charge in [0.1, 0.15) is 19.3 Å². The molecule has 0 amide bonds. The summed E-state index contributed by atoms with van der Waals surface area (Å²) in [6.45, 7) is 4.66. The maximum absolute atomic E-state index is 10.8. The molecule has 5 nitrogen and oxygen atoms in total. The minimum atomic E-state index is -0.992. The van der Waals surface area contributed by atoms with E-state index in [1.807, 2.05) is 0 Å². The lowest BCUT2D eigenvalue weighted by molar-refractivity contribution is -0.144. The fraction of sp³-hybridized carbons (Fsp3) is 0.500. The monoisotopic (exact) mass is 188 g/mol. The summed E-state index contributed by atoms with van der Waals surface area (Å²) in [4.78, 5) is 20.5. The van der Waals surface area contributed by atoms with Crippen molar-refractivity contribution in [1.29, 1.82) is 0 Å². The second-order valence-corrected chi connectivity index (χ2v) is 2.46. The van der Waals surface area contributed by atoms with Crippen LogP contribution in [0.5, 0.6) is 0 Å². The molecule has 0 aliphatic heterocycles. The Labute approximate surface area is 75.9 Å². The highest BCUT2D eigenvalue weighted by molar-refractivity contribution is 5.86. The smallest absolute Gasteiger partial charge is 0.333 e. The maximum atomic E-state index is 10.8. The number of esters is 1. The van der Waals surface area contributed by atoms with Crippen molar-refractivity contribution in [2.24, 2.45) is 0 Å². The van der Waals surface area contributed by atoms with Gasteiger partial charge in [0.15, 0.2) is 0 Å². The summed E-state index contributed by atoms with van der Waals surface area (Å²) >= 11 is 0. The van der Waals surface area contributed by atoms with Crippen LogP contribution in [0.15, 0.2) is 12.2 Å². The van der Waals surface area contributed by atoms with Crippen LogP contribution in [0.4, 0.5) is 0 Å². The van der Waals surface area contributed by atoms with Crippen molar-refractivity contribution in [1.82, 2.24) is 0 Å². The Bertz CT molecular complexity index is 199. The highest BCUT2D eigenvalue weighted by Gasteiger charge is 2.09. The van der Waals surface area contributed by atoms with E-state index in [9.17, 15) is 9.59 Å². The van der Waals surface area contributed by atoms with Crippen LogP contribution in [-0.2, 0) is 19.1 Å². The van der Waals surface area contributed by atoms with Crippen molar-refractivity contribution in [3.8, 4) is 0 Å². The Morgan fingerprint density at radius 3 is 2.69 bits per heavy atom. The Kier molecular flexibility index (Phi) is 5.54. The fourth-order valence-corrected chi connectivity index (χ4v) is 0.494. The van der Waals surface area contributed by atoms with Gasteiger partial charge >= 0.3 is 5.97 Å². The molecule has 1 atom stereocenters. The van der Waals surface area contributed by atoms with Crippen molar-refractivity contribution < 1.29 is 24.2 Å². The van der Waals surface area contributed by atoms with E-state index in [0.29, 0.717) is 0 Å². The van der Waals surface area contributed by atoms with Gasteiger partial charge in [-0.25, -0.2) is 4.79 Å². The van der Waals surface area contributed by atoms with E-state index in [1.54, 1.807) is 0 Å². The molecule has 0 radical (unpaired) electrons. The van der Waals surface area contributed by atoms with E-state index in [2.05, 4.69) is 16.1 Å². The molecule has 1 N–H and O–H groups in total. The van der Waals surface area contributed by atoms with E-state index in [4.69, 9.17) is 5.11 Å². The van der Waals surface area contributed by atoms with Crippen LogP contribution in [0.3, 0.4) is 0 Å². The molecule has 0 aliphatic carbocycles. The molecule has 13 heavy (non-hydrogen) atoms. The molecule has 0 saturated carbocycles. The predicted molar refractivity (Wildman–Crippen MR) is 43.8 cm³/mol. The van der Waals surface area contributed by atoms with E-state index in [-0.39, 0.29) is 25.3 Å². The van der Waals surface area contributed by atoms with Crippen LogP contribution < -0.4 is 0 Å². The number of carbonyl (C=O) groups is 2. The first-order chi connectivity index (χ1) is 6.07. The number of aliphatic hydroxyl groups excluding tert-OH is 1. The lowest BCUT2D eigenvalue weighted by atomic mass is 10.3. The van der Waals surface area contributed by atoms with Crippen molar-refractivity contribution in [2.45, 2.75) is 13.0 Å². The Morgan fingerprint density at radius 1 is 1.62 bits per heavy atom. The lowest BCUT2D eigenvalue weighted by Crippen LogP contribution is -2.23. The molecule has 0 aromatic rings. The van der Waals surface area contributed by atoms with Gasteiger partial charge in [-0.3, -0.25) is 4.79 Å². The number of hydrogen-bond donors (Lipinski definition) is 1. The number of carbonyl (C=O) groups excluding carboxylic acids is 2. The summed E-state index contributed by atoms with van der Waals surface area (Å²) < 4.78 is 8.82. The van der Waals surface area contributed by atoms with E-state index >= 15 is 0 Å². The van der Waals surface area contributed by atoms with Gasteiger partial charge < -0.3 is 14.6 Å². The largest absolute Gasteiger partial charge is 0.465 e. The second kappa shape index (κ2) is 6.19. The van der Waals surface area contributed by atoms with Crippen molar-refractivity contribution >= 4 is 12.4 Å². The van der Waals surface area contributed by atoms with Gasteiger partial charge in [0.25, 0.3) is 6.47 Å². The van der Waals surface area contributed by atoms with Crippen LogP contribution in [0.25, 0.3) is 0 Å². The van der Waals surface area contributed by atoms with Crippen LogP contribution in [0.1, 0.15) is 6.92 Å². The average molecular weight is 188 g/mol. The molecular formula is C8H12O5. The number of ether oxygens (including phenoxy) is 2. The molecule has 0 fully saturated rings. The van der Waals surface area contributed by atoms with Gasteiger partial charge in [0.05, 0.1) is 0 Å². The van der Waals surface area contributed by atoms with Gasteiger partial charge in [-0.05, 0) is 6.92 Å². The third-order valence-corrected chi connectivity index (χ3v) is 1.11. The topological polar surface area (TPSA) is 72.8 Å². The molecule has 0 aromatic carbocycles. The van der Waals surface area contributed by atoms with Gasteiger partial charge in [-0.1, -0.05) is 6.58 Å². The minimum absolute atomic E-state index is 0.188. The van der Waals surface area contributed by atoms with Gasteiger partial charge in [-0.15, -0.1) is 0 Å². The summed E-state index contributed by atoms with van der Waals surface area (Å²) in [6.07, 6.45) is -0.992. The third kappa shape index (κ3) is 5.86. The van der Waals surface area contributed by atoms with Crippen molar-refractivity contribution in [3.63, 3.8) is 0 Å². The summed E-state index contributed by atoms with van der Waals surface area (Å²) in [5.41, 5.74) is 0.253. The van der Waals surface area contributed by atoms with Crippen LogP contribution >= 0.6 is 0 Å². The molecule has 0 heterocycles. The average Bonchev–Trinajstić information content (AvgIpc) is 2.10. The lowest BCUT2D eigenvalue weighted by Gasteiger charge is -2.09. The van der Waals surface area contributed by atoms with Crippen molar-refractivity contribution in [3.05, 3.63) is 12.2 Å². The zero-order valence-electron chi connectivity index (χ0n) is 7.36. The first kappa shape index (κ1) is 11.6. The highest BCUT2D eigenvalue weighted by atomic mass is 16.6. The quantitative estimate of drug-likeness (QED) is 0.350. The minimum Gasteiger partial charge on any atom is -0.465 e. The second-order valence-electron chi connectivity index (χ2n) is 2.46. The summed E-state index contributed by atoms with van der Waals surface area (Å²) in [5, 5.41) is 9.02. The highest BCUT2D eigenvalue weighted by Crippen LogP contribution is 1.94. The van der Waals surface area contributed by atoms with E-state index in [1.165, 1.54) is 6.92 Å². The van der Waals surface area contributed by atoms with Crippen molar-refractivity contribution in [2.75, 3.05) is 13.2 Å². The Hall–Kier alpha value is -1.36. The zero-order chi connectivity index (χ0) is 10.3. The van der Waals surface area contributed by atoms with Gasteiger partial charge in [0.2, 0.25) is 0 Å². The number of rotatable bonds is 6. The van der Waals surface area contributed by atoms with Gasteiger partial charge in [-0.2, -0.15) is 0 Å². The first-order valence-electron chi connectivity index (χ1n) is 3.64. The third-order valence-electron chi connectivity index (χ3n) is 1.11. The molecular weight excluding hydrogens is 176 g/mol. The molecule has 0 spiro atoms. The molecule has 5 heteroatoms. The van der Waals surface area contributed by atoms with E-state index in [0.717, 1.165) is 0 Å². The summed E-state index contributed by atoms with van der Waals surface area (Å²) in [5.74, 6) is -0.579. The molecule has 0 rings (SSSR count). The molecule has 0 aliphatic rings. The van der Waals surface area contributed by atoms with Gasteiger partial charge in [0, 0.05) is 5.57 Å². The summed E-state index contributed by atoms with van der Waals surface area (Å²) in [7, 11) is 0. The molecule has 0 aromatic heterocycles. The molecule has 0 bridgehead atoms. The first-order valence-corrected chi connectivity index (χ1v) is 3.64. The maximum Gasteiger partial charge on any atom is 0.333 e. The zero-order valence-corrected chi connectivity index (χ0v) is 7.36. The fourth-order valence-electron chi connectivity index (χ4n) is 0.494. The number of aliphatic hydroxyl groups is 1. The SMILES string of the molecule is C=C(C)C(=O)OCC(O)COC=O. The molecule has 1 unspecified atom stereocenters. The normalized spacial score (nSPS) is 11.5. The van der Waals surface area contributed by atoms with Crippen LogP contribution in [0, 0.1) is 0 Å². The Morgan fingerprint density at radius 2 is 2.23 bits per heavy atom. The number of hydrogen-bond acceptors (Lipinski definition) is 5. The van der Waals surface area contributed by atoms with E-state index < -0.39 is 12.1 Å². The predicted octanol–water partition coefficient (Wildman–Crippen LogP) is -0.360. The standard InChI is InChI=1S/C8H12O5/c1-6(2)8(11)13-4-7(10)3-12-5-9/h5,7,10H,1,3-4H2,2H3. The van der Waals surface area contributed by atoms with Crippen LogP contribution in [-0.4, -0.2) is 36.9 Å². The molecule has 74 valence electrons. The Balaban J connectivity index is 3.57. The summed E-state index contributed by atoms with van der Waals surface area (Å²) in [6, 6.07) is 0. The molecule has 0 saturated heterocycles. The van der Waals surface area contributed by atoms with Crippen LogP contribution in [0.2, 0.25) is 0 Å².